The first-order valence-electron chi connectivity index (χ1n) is 44.8. The molecule has 9 rings (SSSR count). The Kier molecular flexibility index (Phi) is 42.1. The minimum atomic E-state index is -2.46. The number of methoxy groups -OCH3 is 4. The van der Waals surface area contributed by atoms with Crippen LogP contribution in [0.2, 0.25) is 0 Å². The maximum absolute atomic E-state index is 15.0. The number of allylic oxidation sites excluding steroid dienone is 5. The van der Waals surface area contributed by atoms with Crippen LogP contribution in [0.15, 0.2) is 84.4 Å². The summed E-state index contributed by atoms with van der Waals surface area (Å²) < 4.78 is 79.3. The standard InChI is InChI=1S/C91H137N13O23/c1-58-19-13-12-14-20-59(2)74(115-8)53-69-25-22-64(7)91(114,127-69)85(110)88(111)102-33-17-15-21-73(102)89(112)126-76(54-75(116-9)60(3)48-63(6)83(109)84(118-11)82(108)62(5)47-58)61(4)49-65-23-27-72(77(50-65)117-10)104-55-67(99-101-104)56-125-90(113)95-32-38-122-42-46-124-44-40-120-36-29-79(107)94-31-37-121-41-45-123-43-39-119-35-28-78(106)93-30-16-18-34-103-87-80(86(92)96-57-97-87)81(100-103)71-52-66-51-68(105)24-26-70(66)98-71/h12-14,19-20,24,26,48,51-52,55,57-58,60-62,64-65,69,72-77,83-84,98,105,109,114H,15-18,21-23,25,27-47,49-50,53-54,56H2,1-11H3,(H,93,106)(H,94,107)(H,95,113)(H2,92,96,97)/b14-12?,19-13+,59-20?,63-48+/t58-,60-,61-,62-,64-,65+,69+,72+,73+,74+,75-,76+,77-,83-,84+,91-/m1/s1. The Hall–Kier alpha value is -9.02. The Morgan fingerprint density at radius 3 is 2.09 bits per heavy atom. The van der Waals surface area contributed by atoms with Crippen molar-refractivity contribution in [2.75, 3.05) is 140 Å². The zero-order chi connectivity index (χ0) is 91.4. The second-order valence-corrected chi connectivity index (χ2v) is 33.8. The molecule has 2 bridgehead atoms. The number of aromatic nitrogens is 8. The van der Waals surface area contributed by atoms with Gasteiger partial charge >= 0.3 is 12.1 Å². The first-order valence-corrected chi connectivity index (χ1v) is 44.8. The summed E-state index contributed by atoms with van der Waals surface area (Å²) in [4.78, 5) is 109. The van der Waals surface area contributed by atoms with Gasteiger partial charge in [-0.2, -0.15) is 5.10 Å². The molecule has 5 aromatic rings. The lowest BCUT2D eigenvalue weighted by atomic mass is 9.77. The molecule has 704 valence electrons. The van der Waals surface area contributed by atoms with Crippen molar-refractivity contribution in [2.24, 2.45) is 35.5 Å². The number of nitrogens with one attached hydrogen (secondary N) is 4. The number of aryl methyl sites for hydroxylation is 1. The van der Waals surface area contributed by atoms with Gasteiger partial charge in [0.25, 0.3) is 11.7 Å². The van der Waals surface area contributed by atoms with Crippen molar-refractivity contribution in [3.05, 3.63) is 90.1 Å². The molecule has 9 N–H and O–H groups in total. The summed E-state index contributed by atoms with van der Waals surface area (Å²) in [7, 11) is 6.21. The number of H-pyrrole nitrogens is 1. The Morgan fingerprint density at radius 1 is 0.724 bits per heavy atom. The number of benzene rings is 1. The minimum absolute atomic E-state index is 0.00577. The zero-order valence-corrected chi connectivity index (χ0v) is 75.8. The number of unbranched alkanes of at least 4 members (excludes halogenated alkanes) is 1. The van der Waals surface area contributed by atoms with Crippen LogP contribution in [0.5, 0.6) is 5.75 Å². The van der Waals surface area contributed by atoms with Crippen LogP contribution in [0.1, 0.15) is 163 Å². The average Bonchev–Trinajstić information content (AvgIpc) is 1.72. The van der Waals surface area contributed by atoms with E-state index in [1.54, 1.807) is 68.9 Å². The van der Waals surface area contributed by atoms with E-state index < -0.39 is 84.0 Å². The van der Waals surface area contributed by atoms with Crippen molar-refractivity contribution in [1.82, 2.24) is 60.6 Å². The summed E-state index contributed by atoms with van der Waals surface area (Å²) in [6, 6.07) is 5.64. The average molecular weight is 1780 g/mol. The predicted octanol–water partition coefficient (Wildman–Crippen LogP) is 8.49. The van der Waals surface area contributed by atoms with Crippen molar-refractivity contribution in [3.63, 3.8) is 0 Å². The molecular formula is C91H137N13O23. The van der Waals surface area contributed by atoms with Crippen molar-refractivity contribution >= 4 is 69.1 Å². The van der Waals surface area contributed by atoms with Crippen molar-refractivity contribution in [1.29, 1.82) is 0 Å². The van der Waals surface area contributed by atoms with Crippen LogP contribution in [-0.2, 0) is 103 Å². The first kappa shape index (κ1) is 102. The molecule has 1 saturated carbocycles. The summed E-state index contributed by atoms with van der Waals surface area (Å²) in [6.07, 6.45) is 16.5. The van der Waals surface area contributed by atoms with E-state index in [0.29, 0.717) is 164 Å². The number of ketones is 2. The Bertz CT molecular complexity index is 4420. The fraction of sp³-hybridized carbons (Fsp3) is 0.670. The Labute approximate surface area is 744 Å². The lowest BCUT2D eigenvalue weighted by Gasteiger charge is -2.43. The van der Waals surface area contributed by atoms with Gasteiger partial charge in [-0.3, -0.25) is 24.0 Å². The normalized spacial score (nSPS) is 26.3. The number of Topliss-reactive ketones (excluding diaryl/α,β-unsaturated/α-hetero) is 2. The van der Waals surface area contributed by atoms with Crippen LogP contribution in [0.3, 0.4) is 0 Å². The van der Waals surface area contributed by atoms with Crippen LogP contribution in [0.4, 0.5) is 10.6 Å². The monoisotopic (exact) mass is 1780 g/mol. The topological polar surface area (TPSA) is 456 Å². The molecule has 4 amide bonds. The van der Waals surface area contributed by atoms with E-state index in [0.717, 1.165) is 35.0 Å². The van der Waals surface area contributed by atoms with Crippen molar-refractivity contribution in [2.45, 2.75) is 225 Å². The van der Waals surface area contributed by atoms with Gasteiger partial charge in [0.1, 0.15) is 60.2 Å². The highest BCUT2D eigenvalue weighted by atomic mass is 16.6. The number of ether oxygens (including phenoxy) is 13. The number of nitrogens with zero attached hydrogens (tertiary/aromatic N) is 8. The smallest absolute Gasteiger partial charge is 0.407 e. The molecule has 36 heteroatoms. The van der Waals surface area contributed by atoms with Gasteiger partial charge < -0.3 is 108 Å². The number of carbonyl (C=O) groups excluding carboxylic acids is 7. The first-order chi connectivity index (χ1) is 61.2. The number of alkyl carbamates (subject to hydrolysis) is 1. The number of nitrogens with two attached hydrogens (primary N) is 1. The third-order valence-electron chi connectivity index (χ3n) is 24.2. The number of aromatic amines is 1. The number of fused-ring (bicyclic) bond motifs is 5. The number of aromatic hydroxyl groups is 1. The van der Waals surface area contributed by atoms with Gasteiger partial charge in [0.2, 0.25) is 17.6 Å². The number of esters is 1. The molecule has 16 atom stereocenters. The van der Waals surface area contributed by atoms with E-state index in [2.05, 4.69) is 41.2 Å². The molecule has 4 aromatic heterocycles. The molecule has 2 saturated heterocycles. The number of hydrogen-bond acceptors (Lipinski definition) is 29. The van der Waals surface area contributed by atoms with E-state index in [4.69, 9.17) is 72.4 Å². The molecule has 3 aliphatic heterocycles. The number of amides is 4. The van der Waals surface area contributed by atoms with Gasteiger partial charge in [0.15, 0.2) is 11.4 Å². The number of carbonyl (C=O) groups is 7. The molecule has 0 unspecified atom stereocenters. The molecule has 4 aliphatic rings. The second-order valence-electron chi connectivity index (χ2n) is 33.8. The maximum Gasteiger partial charge on any atom is 0.407 e. The summed E-state index contributed by atoms with van der Waals surface area (Å²) in [5.74, 6) is -7.10. The van der Waals surface area contributed by atoms with Gasteiger partial charge in [0, 0.05) is 116 Å². The third-order valence-corrected chi connectivity index (χ3v) is 24.2. The Morgan fingerprint density at radius 2 is 1.40 bits per heavy atom. The molecule has 3 fully saturated rings. The van der Waals surface area contributed by atoms with Gasteiger partial charge in [-0.05, 0) is 144 Å². The highest BCUT2D eigenvalue weighted by molar-refractivity contribution is 6.39. The second kappa shape index (κ2) is 52.6. The lowest BCUT2D eigenvalue weighted by molar-refractivity contribution is -0.265. The summed E-state index contributed by atoms with van der Waals surface area (Å²) in [5, 5.41) is 57.4. The van der Waals surface area contributed by atoms with E-state index in [1.807, 2.05) is 77.1 Å². The molecule has 0 radical (unpaired) electrons. The van der Waals surface area contributed by atoms with Crippen molar-refractivity contribution in [3.8, 4) is 17.1 Å². The summed E-state index contributed by atoms with van der Waals surface area (Å²) in [6.45, 7) is 18.2. The molecule has 1 aromatic carbocycles. The maximum atomic E-state index is 15.0. The third kappa shape index (κ3) is 30.8. The number of cyclic esters (lactones) is 1. The summed E-state index contributed by atoms with van der Waals surface area (Å²) in [5.41, 5.74) is 10.9. The highest BCUT2D eigenvalue weighted by Crippen LogP contribution is 2.41. The number of aliphatic hydroxyl groups excluding tert-OH is 1. The van der Waals surface area contributed by atoms with Crippen LogP contribution in [0.25, 0.3) is 33.3 Å². The van der Waals surface area contributed by atoms with Crippen LogP contribution < -0.4 is 21.7 Å². The molecule has 1 aliphatic carbocycles. The van der Waals surface area contributed by atoms with Crippen LogP contribution in [0, 0.1) is 35.5 Å². The molecular weight excluding hydrogens is 1640 g/mol. The molecule has 36 nitrogen and oxygen atoms in total. The summed E-state index contributed by atoms with van der Waals surface area (Å²) >= 11 is 0. The van der Waals surface area contributed by atoms with E-state index in [1.165, 1.54) is 18.3 Å². The fourth-order valence-electron chi connectivity index (χ4n) is 16.9. The number of anilines is 1. The zero-order valence-electron chi connectivity index (χ0n) is 75.8. The van der Waals surface area contributed by atoms with Gasteiger partial charge in [0.05, 0.1) is 127 Å². The van der Waals surface area contributed by atoms with Gasteiger partial charge in [-0.1, -0.05) is 76.3 Å². The number of piperidine rings is 1. The minimum Gasteiger partial charge on any atom is -0.508 e. The number of phenolic OH excluding ortho intramolecular Hbond substituents is 1. The number of nitrogen functional groups attached to an aromatic ring is 1. The largest absolute Gasteiger partial charge is 0.508 e. The van der Waals surface area contributed by atoms with Gasteiger partial charge in [-0.15, -0.1) is 5.10 Å². The van der Waals surface area contributed by atoms with Gasteiger partial charge in [-0.25, -0.2) is 28.9 Å². The number of rotatable bonds is 40. The molecule has 0 spiro atoms. The SMILES string of the molecule is CO[C@H]1C[C@@H]2CC[C@@H](C)[C@@](O)(O2)C(=O)C(=O)N2CCCC[C@H]2C(=O)O[C@H]([C@H](C)C[C@@H]2CC[C@H](n3cc(COC(=O)NCCOCCOCCOCCC(=O)NCCOCCOCCOCCC(=O)NCCCCn4nc(-c5cc6cc(O)ccc6[nH]5)c5c(N)ncnc54)nn3)[C@H](OC)C2)C[C@@H](OC)[C@H](C)/C=C(\C)[C@@H](O)[C@@H](OC)C(=O)[C@H](C)C[C@H](C)/C=C/C=CC=C1C. The number of phenols is 1. The fourth-order valence-corrected chi connectivity index (χ4v) is 16.9. The van der Waals surface area contributed by atoms with E-state index >= 15 is 0 Å². The molecule has 127 heavy (non-hydrogen) atoms. The van der Waals surface area contributed by atoms with Crippen LogP contribution in [-0.4, -0.2) is 290 Å². The lowest BCUT2D eigenvalue weighted by Crippen LogP contribution is -2.61. The molecule has 7 heterocycles. The van der Waals surface area contributed by atoms with Crippen LogP contribution >= 0.6 is 0 Å². The van der Waals surface area contributed by atoms with E-state index in [-0.39, 0.29) is 138 Å². The number of hydrogen-bond donors (Lipinski definition) is 8. The van der Waals surface area contributed by atoms with E-state index in [9.17, 15) is 48.9 Å². The number of aliphatic hydroxyl groups is 2. The quantitative estimate of drug-likeness (QED) is 0.00788. The Balaban J connectivity index is 0.620. The predicted molar refractivity (Wildman–Crippen MR) is 470 cm³/mol. The van der Waals surface area contributed by atoms with Crippen molar-refractivity contribution < 1.29 is 110 Å². The highest BCUT2D eigenvalue weighted by Gasteiger charge is 2.53.